The largest absolute Gasteiger partial charge is 0.335 e. The number of carbonyl (C=O) groups excluding carboxylic acids is 1. The number of aromatic nitrogens is 5. The van der Waals surface area contributed by atoms with Crippen LogP contribution in [0.25, 0.3) is 0 Å². The zero-order chi connectivity index (χ0) is 18.0. The average molecular weight is 345 g/mol. The predicted molar refractivity (Wildman–Crippen MR) is 94.2 cm³/mol. The minimum Gasteiger partial charge on any atom is -0.335 e. The molecule has 8 nitrogen and oxygen atoms in total. The highest BCUT2D eigenvalue weighted by molar-refractivity contribution is 5.74. The van der Waals surface area contributed by atoms with Crippen LogP contribution in [0.3, 0.4) is 0 Å². The molecule has 0 spiro atoms. The first kappa shape index (κ1) is 17.4. The molecule has 136 valence electrons. The van der Waals surface area contributed by atoms with Crippen molar-refractivity contribution in [2.24, 2.45) is 7.05 Å². The summed E-state index contributed by atoms with van der Waals surface area (Å²) in [5.41, 5.74) is 3.41. The van der Waals surface area contributed by atoms with Gasteiger partial charge in [0, 0.05) is 31.9 Å². The number of rotatable bonds is 4. The molecule has 8 heteroatoms. The molecule has 2 amide bonds. The Morgan fingerprint density at radius 2 is 2.24 bits per heavy atom. The van der Waals surface area contributed by atoms with Gasteiger partial charge in [-0.3, -0.25) is 4.68 Å². The van der Waals surface area contributed by atoms with Crippen LogP contribution in [0.4, 0.5) is 4.79 Å². The van der Waals surface area contributed by atoms with Gasteiger partial charge in [0.25, 0.3) is 0 Å². The van der Waals surface area contributed by atoms with Crippen LogP contribution >= 0.6 is 0 Å². The molecule has 1 saturated heterocycles. The minimum absolute atomic E-state index is 0.00323. The van der Waals surface area contributed by atoms with Gasteiger partial charge in [0.05, 0.1) is 11.7 Å². The molecule has 1 fully saturated rings. The Balaban J connectivity index is 1.57. The number of piperidine rings is 1. The van der Waals surface area contributed by atoms with Crippen LogP contribution in [0.2, 0.25) is 0 Å². The van der Waals surface area contributed by atoms with E-state index in [0.717, 1.165) is 37.2 Å². The van der Waals surface area contributed by atoms with E-state index in [1.807, 2.05) is 35.2 Å². The van der Waals surface area contributed by atoms with E-state index in [1.54, 1.807) is 12.7 Å². The lowest BCUT2D eigenvalue weighted by molar-refractivity contribution is 0.160. The SMILES string of the molecule is Cc1nn(C)c(C)c1C[C@H](C)NC(=O)N1CCC[C@@H](n2cncn2)C1. The average Bonchev–Trinajstić information content (AvgIpc) is 3.20. The van der Waals surface area contributed by atoms with Crippen LogP contribution in [0, 0.1) is 13.8 Å². The van der Waals surface area contributed by atoms with Gasteiger partial charge in [-0.15, -0.1) is 0 Å². The van der Waals surface area contributed by atoms with E-state index in [-0.39, 0.29) is 18.1 Å². The first-order chi connectivity index (χ1) is 12.0. The Bertz CT molecular complexity index is 722. The Kier molecular flexibility index (Phi) is 5.06. The van der Waals surface area contributed by atoms with Gasteiger partial charge < -0.3 is 10.2 Å². The second-order valence-electron chi connectivity index (χ2n) is 6.95. The van der Waals surface area contributed by atoms with Gasteiger partial charge >= 0.3 is 6.03 Å². The van der Waals surface area contributed by atoms with Crippen LogP contribution in [0.1, 0.15) is 42.8 Å². The lowest BCUT2D eigenvalue weighted by Gasteiger charge is -2.33. The maximum atomic E-state index is 12.6. The summed E-state index contributed by atoms with van der Waals surface area (Å²) in [4.78, 5) is 18.5. The summed E-state index contributed by atoms with van der Waals surface area (Å²) in [6, 6.07) is 0.262. The lowest BCUT2D eigenvalue weighted by Crippen LogP contribution is -2.48. The van der Waals surface area contributed by atoms with Crippen molar-refractivity contribution in [2.75, 3.05) is 13.1 Å². The Hall–Kier alpha value is -2.38. The Morgan fingerprint density at radius 3 is 2.88 bits per heavy atom. The molecule has 3 heterocycles. The highest BCUT2D eigenvalue weighted by Gasteiger charge is 2.26. The number of aryl methyl sites for hydroxylation is 2. The van der Waals surface area contributed by atoms with Crippen molar-refractivity contribution in [3.63, 3.8) is 0 Å². The molecule has 0 bridgehead atoms. The Morgan fingerprint density at radius 1 is 1.44 bits per heavy atom. The molecule has 0 saturated carbocycles. The van der Waals surface area contributed by atoms with Gasteiger partial charge in [0.2, 0.25) is 0 Å². The van der Waals surface area contributed by atoms with Gasteiger partial charge in [0.1, 0.15) is 12.7 Å². The summed E-state index contributed by atoms with van der Waals surface area (Å²) in [5.74, 6) is 0. The van der Waals surface area contributed by atoms with Crippen molar-refractivity contribution < 1.29 is 4.79 Å². The molecule has 3 rings (SSSR count). The normalized spacial score (nSPS) is 19.0. The summed E-state index contributed by atoms with van der Waals surface area (Å²) < 4.78 is 3.75. The fourth-order valence-electron chi connectivity index (χ4n) is 3.53. The number of hydrogen-bond donors (Lipinski definition) is 1. The number of nitrogens with one attached hydrogen (secondary N) is 1. The topological polar surface area (TPSA) is 80.9 Å². The molecule has 0 aromatic carbocycles. The molecular weight excluding hydrogens is 318 g/mol. The van der Waals surface area contributed by atoms with E-state index in [1.165, 1.54) is 5.56 Å². The molecule has 25 heavy (non-hydrogen) atoms. The highest BCUT2D eigenvalue weighted by Crippen LogP contribution is 2.20. The summed E-state index contributed by atoms with van der Waals surface area (Å²) in [6.07, 6.45) is 6.06. The maximum absolute atomic E-state index is 12.6. The van der Waals surface area contributed by atoms with E-state index < -0.39 is 0 Å². The third-order valence-electron chi connectivity index (χ3n) is 5.03. The second kappa shape index (κ2) is 7.25. The number of amides is 2. The molecule has 0 unspecified atom stereocenters. The molecule has 1 N–H and O–H groups in total. The predicted octanol–water partition coefficient (Wildman–Crippen LogP) is 1.61. The third-order valence-corrected chi connectivity index (χ3v) is 5.03. The number of nitrogens with zero attached hydrogens (tertiary/aromatic N) is 6. The summed E-state index contributed by atoms with van der Waals surface area (Å²) in [6.45, 7) is 7.59. The van der Waals surface area contributed by atoms with E-state index in [0.29, 0.717) is 6.54 Å². The van der Waals surface area contributed by atoms with Crippen molar-refractivity contribution in [1.29, 1.82) is 0 Å². The zero-order valence-electron chi connectivity index (χ0n) is 15.4. The summed E-state index contributed by atoms with van der Waals surface area (Å²) in [5, 5.41) is 11.8. The van der Waals surface area contributed by atoms with Crippen molar-refractivity contribution in [3.8, 4) is 0 Å². The lowest BCUT2D eigenvalue weighted by atomic mass is 10.0. The highest BCUT2D eigenvalue weighted by atomic mass is 16.2. The first-order valence-electron chi connectivity index (χ1n) is 8.84. The van der Waals surface area contributed by atoms with Crippen LogP contribution < -0.4 is 5.32 Å². The standard InChI is InChI=1S/C17H27N7O/c1-12(8-16-13(2)21-22(4)14(16)3)20-17(25)23-7-5-6-15(9-23)24-11-18-10-19-24/h10-12,15H,5-9H2,1-4H3,(H,20,25)/t12-,15+/m0/s1. The number of urea groups is 1. The third kappa shape index (κ3) is 3.83. The van der Waals surface area contributed by atoms with Crippen molar-refractivity contribution in [3.05, 3.63) is 29.6 Å². The monoisotopic (exact) mass is 345 g/mol. The molecule has 2 atom stereocenters. The van der Waals surface area contributed by atoms with Crippen LogP contribution in [-0.4, -0.2) is 54.6 Å². The molecular formula is C17H27N7O. The maximum Gasteiger partial charge on any atom is 0.317 e. The number of likely N-dealkylation sites (tertiary alicyclic amines) is 1. The smallest absolute Gasteiger partial charge is 0.317 e. The van der Waals surface area contributed by atoms with Crippen LogP contribution in [-0.2, 0) is 13.5 Å². The fraction of sp³-hybridized carbons (Fsp3) is 0.647. The minimum atomic E-state index is -0.00323. The van der Waals surface area contributed by atoms with Crippen LogP contribution in [0.15, 0.2) is 12.7 Å². The van der Waals surface area contributed by atoms with Gasteiger partial charge in [-0.1, -0.05) is 0 Å². The number of carbonyl (C=O) groups is 1. The van der Waals surface area contributed by atoms with Crippen LogP contribution in [0.5, 0.6) is 0 Å². The quantitative estimate of drug-likeness (QED) is 0.913. The van der Waals surface area contributed by atoms with E-state index in [4.69, 9.17) is 0 Å². The van der Waals surface area contributed by atoms with Crippen molar-refractivity contribution in [1.82, 2.24) is 34.8 Å². The molecule has 2 aromatic heterocycles. The molecule has 0 aliphatic carbocycles. The first-order valence-corrected chi connectivity index (χ1v) is 8.84. The molecule has 0 radical (unpaired) electrons. The van der Waals surface area contributed by atoms with Crippen molar-refractivity contribution >= 4 is 6.03 Å². The Labute approximate surface area is 148 Å². The van der Waals surface area contributed by atoms with Gasteiger partial charge in [-0.2, -0.15) is 10.2 Å². The van der Waals surface area contributed by atoms with E-state index in [2.05, 4.69) is 27.4 Å². The van der Waals surface area contributed by atoms with E-state index in [9.17, 15) is 4.79 Å². The summed E-state index contributed by atoms with van der Waals surface area (Å²) in [7, 11) is 1.95. The van der Waals surface area contributed by atoms with Gasteiger partial charge in [-0.25, -0.2) is 14.5 Å². The summed E-state index contributed by atoms with van der Waals surface area (Å²) >= 11 is 0. The van der Waals surface area contributed by atoms with Gasteiger partial charge in [0.15, 0.2) is 0 Å². The second-order valence-corrected chi connectivity index (χ2v) is 6.95. The molecule has 1 aliphatic rings. The molecule has 1 aliphatic heterocycles. The van der Waals surface area contributed by atoms with E-state index >= 15 is 0 Å². The van der Waals surface area contributed by atoms with Crippen molar-refractivity contribution in [2.45, 2.75) is 52.1 Å². The van der Waals surface area contributed by atoms with Gasteiger partial charge in [-0.05, 0) is 45.6 Å². The molecule has 2 aromatic rings. The number of hydrogen-bond acceptors (Lipinski definition) is 4. The fourth-order valence-corrected chi connectivity index (χ4v) is 3.53. The zero-order valence-corrected chi connectivity index (χ0v) is 15.4.